The lowest BCUT2D eigenvalue weighted by Gasteiger charge is -2.26. The van der Waals surface area contributed by atoms with Gasteiger partial charge >= 0.3 is 0 Å². The molecule has 0 aliphatic heterocycles. The Bertz CT molecular complexity index is 1150. The highest BCUT2D eigenvalue weighted by atomic mass is 35.5. The molecule has 0 saturated heterocycles. The molecule has 5 nitrogen and oxygen atoms in total. The van der Waals surface area contributed by atoms with Crippen LogP contribution < -0.4 is 9.62 Å². The Morgan fingerprint density at radius 3 is 2.33 bits per heavy atom. The van der Waals surface area contributed by atoms with E-state index in [1.807, 2.05) is 6.07 Å². The van der Waals surface area contributed by atoms with E-state index in [4.69, 9.17) is 23.2 Å². The Hall–Kier alpha value is -2.54. The van der Waals surface area contributed by atoms with Gasteiger partial charge in [0.05, 0.1) is 10.6 Å². The zero-order chi connectivity index (χ0) is 21.7. The van der Waals surface area contributed by atoms with Crippen molar-refractivity contribution in [2.24, 2.45) is 0 Å². The van der Waals surface area contributed by atoms with Crippen molar-refractivity contribution >= 4 is 44.8 Å². The molecule has 0 fully saturated rings. The standard InChI is InChI=1S/C22H20Cl2N2O3S/c1-16-11-12-18(23)13-21(16)26(30(28,29)19-8-3-2-4-9-19)15-22(27)25-14-17-7-5-6-10-20(17)24/h2-13H,14-15H2,1H3,(H,25,27). The number of nitrogens with one attached hydrogen (secondary N) is 1. The summed E-state index contributed by atoms with van der Waals surface area (Å²) in [5, 5.41) is 3.64. The second kappa shape index (κ2) is 9.51. The Balaban J connectivity index is 1.91. The van der Waals surface area contributed by atoms with Gasteiger partial charge in [-0.1, -0.05) is 65.7 Å². The summed E-state index contributed by atoms with van der Waals surface area (Å²) in [7, 11) is -3.99. The number of hydrogen-bond acceptors (Lipinski definition) is 3. The molecule has 0 atom stereocenters. The zero-order valence-electron chi connectivity index (χ0n) is 16.2. The first-order valence-corrected chi connectivity index (χ1v) is 11.3. The lowest BCUT2D eigenvalue weighted by Crippen LogP contribution is -2.41. The summed E-state index contributed by atoms with van der Waals surface area (Å²) in [6.07, 6.45) is 0. The number of amides is 1. The van der Waals surface area contributed by atoms with Gasteiger partial charge < -0.3 is 5.32 Å². The highest BCUT2D eigenvalue weighted by molar-refractivity contribution is 7.92. The van der Waals surface area contributed by atoms with Crippen LogP contribution in [0.15, 0.2) is 77.7 Å². The first kappa shape index (κ1) is 22.2. The fourth-order valence-electron chi connectivity index (χ4n) is 2.89. The van der Waals surface area contributed by atoms with Gasteiger partial charge in [-0.15, -0.1) is 0 Å². The van der Waals surface area contributed by atoms with Gasteiger partial charge in [-0.05, 0) is 48.4 Å². The maximum Gasteiger partial charge on any atom is 0.264 e. The van der Waals surface area contributed by atoms with E-state index in [0.29, 0.717) is 21.3 Å². The van der Waals surface area contributed by atoms with Crippen molar-refractivity contribution in [3.63, 3.8) is 0 Å². The van der Waals surface area contributed by atoms with Gasteiger partial charge in [-0.3, -0.25) is 9.10 Å². The molecule has 1 amide bonds. The predicted molar refractivity (Wildman–Crippen MR) is 120 cm³/mol. The monoisotopic (exact) mass is 462 g/mol. The van der Waals surface area contributed by atoms with E-state index in [9.17, 15) is 13.2 Å². The van der Waals surface area contributed by atoms with Crippen LogP contribution in [0.3, 0.4) is 0 Å². The Morgan fingerprint density at radius 2 is 1.63 bits per heavy atom. The summed E-state index contributed by atoms with van der Waals surface area (Å²) >= 11 is 12.2. The van der Waals surface area contributed by atoms with Crippen molar-refractivity contribution < 1.29 is 13.2 Å². The van der Waals surface area contributed by atoms with Crippen LogP contribution in [-0.2, 0) is 21.4 Å². The first-order chi connectivity index (χ1) is 14.3. The van der Waals surface area contributed by atoms with Crippen LogP contribution in [0.1, 0.15) is 11.1 Å². The molecule has 0 aliphatic carbocycles. The topological polar surface area (TPSA) is 66.5 Å². The molecule has 30 heavy (non-hydrogen) atoms. The lowest BCUT2D eigenvalue weighted by molar-refractivity contribution is -0.119. The highest BCUT2D eigenvalue weighted by Crippen LogP contribution is 2.29. The summed E-state index contributed by atoms with van der Waals surface area (Å²) in [6.45, 7) is 1.55. The van der Waals surface area contributed by atoms with E-state index in [-0.39, 0.29) is 11.4 Å². The minimum Gasteiger partial charge on any atom is -0.350 e. The van der Waals surface area contributed by atoms with E-state index in [1.54, 1.807) is 61.5 Å². The number of anilines is 1. The van der Waals surface area contributed by atoms with Crippen LogP contribution in [0.2, 0.25) is 10.0 Å². The van der Waals surface area contributed by atoms with Gasteiger partial charge in [0.2, 0.25) is 5.91 Å². The van der Waals surface area contributed by atoms with Crippen LogP contribution in [-0.4, -0.2) is 20.9 Å². The minimum absolute atomic E-state index is 0.0864. The van der Waals surface area contributed by atoms with Crippen LogP contribution in [0.5, 0.6) is 0 Å². The van der Waals surface area contributed by atoms with E-state index in [1.165, 1.54) is 12.1 Å². The van der Waals surface area contributed by atoms with Crippen molar-refractivity contribution in [1.82, 2.24) is 5.32 Å². The van der Waals surface area contributed by atoms with Gasteiger partial charge in [-0.25, -0.2) is 8.42 Å². The van der Waals surface area contributed by atoms with Gasteiger partial charge in [0.25, 0.3) is 10.0 Å². The molecule has 0 radical (unpaired) electrons. The summed E-state index contributed by atoms with van der Waals surface area (Å²) in [5.74, 6) is -0.464. The molecule has 0 saturated carbocycles. The SMILES string of the molecule is Cc1ccc(Cl)cc1N(CC(=O)NCc1ccccc1Cl)S(=O)(=O)c1ccccc1. The predicted octanol–water partition coefficient (Wildman–Crippen LogP) is 4.81. The molecule has 0 bridgehead atoms. The number of rotatable bonds is 7. The maximum atomic E-state index is 13.3. The van der Waals surface area contributed by atoms with Crippen LogP contribution in [0, 0.1) is 6.92 Å². The number of sulfonamides is 1. The molecule has 0 heterocycles. The van der Waals surface area contributed by atoms with E-state index < -0.39 is 22.5 Å². The van der Waals surface area contributed by atoms with Crippen LogP contribution >= 0.6 is 23.2 Å². The van der Waals surface area contributed by atoms with Crippen molar-refractivity contribution in [3.8, 4) is 0 Å². The molecule has 8 heteroatoms. The molecule has 0 spiro atoms. The second-order valence-corrected chi connectivity index (χ2v) is 9.33. The molecule has 1 N–H and O–H groups in total. The molecule has 3 rings (SSSR count). The Kier molecular flexibility index (Phi) is 7.02. The van der Waals surface area contributed by atoms with Crippen molar-refractivity contribution in [1.29, 1.82) is 0 Å². The normalized spacial score (nSPS) is 11.2. The average molecular weight is 463 g/mol. The molecule has 3 aromatic rings. The number of hydrogen-bond donors (Lipinski definition) is 1. The summed E-state index contributed by atoms with van der Waals surface area (Å²) in [4.78, 5) is 12.8. The minimum atomic E-state index is -3.99. The lowest BCUT2D eigenvalue weighted by atomic mass is 10.2. The summed E-state index contributed by atoms with van der Waals surface area (Å²) in [5.41, 5.74) is 1.76. The Labute approximate surface area is 186 Å². The quantitative estimate of drug-likeness (QED) is 0.547. The van der Waals surface area contributed by atoms with Gasteiger partial charge in [0.1, 0.15) is 6.54 Å². The largest absolute Gasteiger partial charge is 0.350 e. The van der Waals surface area contributed by atoms with Crippen LogP contribution in [0.25, 0.3) is 0 Å². The molecular weight excluding hydrogens is 443 g/mol. The van der Waals surface area contributed by atoms with Crippen molar-refractivity contribution in [3.05, 3.63) is 94.0 Å². The molecule has 0 aromatic heterocycles. The number of aryl methyl sites for hydroxylation is 1. The second-order valence-electron chi connectivity index (χ2n) is 6.62. The van der Waals surface area contributed by atoms with Crippen LogP contribution in [0.4, 0.5) is 5.69 Å². The summed E-state index contributed by atoms with van der Waals surface area (Å²) in [6, 6.07) is 20.0. The average Bonchev–Trinajstić information content (AvgIpc) is 2.74. The van der Waals surface area contributed by atoms with Gasteiger partial charge in [0.15, 0.2) is 0 Å². The Morgan fingerprint density at radius 1 is 0.967 bits per heavy atom. The molecule has 0 aliphatic rings. The third-order valence-corrected chi connectivity index (χ3v) is 6.87. The number of carbonyl (C=O) groups is 1. The molecule has 156 valence electrons. The fourth-order valence-corrected chi connectivity index (χ4v) is 4.76. The fraction of sp³-hybridized carbons (Fsp3) is 0.136. The summed E-state index contributed by atoms with van der Waals surface area (Å²) < 4.78 is 27.8. The van der Waals surface area contributed by atoms with E-state index >= 15 is 0 Å². The van der Waals surface area contributed by atoms with E-state index in [0.717, 1.165) is 9.87 Å². The van der Waals surface area contributed by atoms with Gasteiger partial charge in [0, 0.05) is 16.6 Å². The first-order valence-electron chi connectivity index (χ1n) is 9.13. The van der Waals surface area contributed by atoms with Gasteiger partial charge in [-0.2, -0.15) is 0 Å². The third kappa shape index (κ3) is 5.14. The highest BCUT2D eigenvalue weighted by Gasteiger charge is 2.28. The smallest absolute Gasteiger partial charge is 0.264 e. The number of benzene rings is 3. The molecular formula is C22H20Cl2N2O3S. The number of carbonyl (C=O) groups excluding carboxylic acids is 1. The number of halogens is 2. The number of nitrogens with zero attached hydrogens (tertiary/aromatic N) is 1. The van der Waals surface area contributed by atoms with Crippen molar-refractivity contribution in [2.45, 2.75) is 18.4 Å². The maximum absolute atomic E-state index is 13.3. The zero-order valence-corrected chi connectivity index (χ0v) is 18.5. The molecule has 0 unspecified atom stereocenters. The molecule has 3 aromatic carbocycles. The van der Waals surface area contributed by atoms with Crippen molar-refractivity contribution in [2.75, 3.05) is 10.8 Å². The third-order valence-electron chi connectivity index (χ3n) is 4.49. The van der Waals surface area contributed by atoms with E-state index in [2.05, 4.69) is 5.32 Å².